The summed E-state index contributed by atoms with van der Waals surface area (Å²) in [5, 5.41) is -0.0253. The Kier molecular flexibility index (Phi) is 5.05. The number of sulfone groups is 1. The summed E-state index contributed by atoms with van der Waals surface area (Å²) >= 11 is 1.31. The third kappa shape index (κ3) is 4.86. The second-order valence-electron chi connectivity index (χ2n) is 4.89. The van der Waals surface area contributed by atoms with Crippen molar-refractivity contribution >= 4 is 33.4 Å². The Bertz CT molecular complexity index is 634. The Labute approximate surface area is 128 Å². The van der Waals surface area contributed by atoms with E-state index in [1.54, 1.807) is 24.3 Å². The Balaban J connectivity index is 1.81. The van der Waals surface area contributed by atoms with E-state index in [1.807, 2.05) is 0 Å². The summed E-state index contributed by atoms with van der Waals surface area (Å²) < 4.78 is 27.8. The highest BCUT2D eigenvalue weighted by Crippen LogP contribution is 2.24. The van der Waals surface area contributed by atoms with Crippen LogP contribution >= 0.6 is 11.8 Å². The molecule has 7 heteroatoms. The summed E-state index contributed by atoms with van der Waals surface area (Å²) in [6.07, 6.45) is 0.591. The molecule has 1 atom stereocenters. The summed E-state index contributed by atoms with van der Waals surface area (Å²) in [5.74, 6) is 0.370. The van der Waals surface area contributed by atoms with E-state index in [0.29, 0.717) is 17.7 Å². The van der Waals surface area contributed by atoms with Crippen molar-refractivity contribution in [2.45, 2.75) is 18.6 Å². The Morgan fingerprint density at radius 1 is 1.29 bits per heavy atom. The Morgan fingerprint density at radius 2 is 1.95 bits per heavy atom. The largest absolute Gasteiger partial charge is 0.426 e. The average molecular weight is 328 g/mol. The van der Waals surface area contributed by atoms with E-state index in [2.05, 4.69) is 0 Å². The van der Waals surface area contributed by atoms with E-state index in [-0.39, 0.29) is 28.3 Å². The van der Waals surface area contributed by atoms with Crippen LogP contribution in [0.25, 0.3) is 0 Å². The van der Waals surface area contributed by atoms with E-state index < -0.39 is 15.8 Å². The lowest BCUT2D eigenvalue weighted by molar-refractivity contribution is -0.131. The molecule has 1 saturated heterocycles. The van der Waals surface area contributed by atoms with Crippen LogP contribution in [-0.4, -0.2) is 42.7 Å². The number of carbonyl (C=O) groups excluding carboxylic acids is 2. The lowest BCUT2D eigenvalue weighted by atomic mass is 10.1. The van der Waals surface area contributed by atoms with Crippen molar-refractivity contribution in [3.63, 3.8) is 0 Å². The minimum absolute atomic E-state index is 0.0253. The molecule has 1 aromatic carbocycles. The number of hydrogen-bond acceptors (Lipinski definition) is 6. The molecule has 0 amide bonds. The number of ether oxygens (including phenoxy) is 1. The van der Waals surface area contributed by atoms with Gasteiger partial charge < -0.3 is 4.74 Å². The zero-order valence-corrected chi connectivity index (χ0v) is 13.2. The average Bonchev–Trinajstić information content (AvgIpc) is 2.77. The number of rotatable bonds is 5. The second-order valence-corrected chi connectivity index (χ2v) is 8.41. The van der Waals surface area contributed by atoms with E-state index in [4.69, 9.17) is 4.74 Å². The zero-order valence-electron chi connectivity index (χ0n) is 11.6. The molecule has 1 aromatic rings. The molecule has 0 unspecified atom stereocenters. The van der Waals surface area contributed by atoms with Crippen LogP contribution in [0.2, 0.25) is 0 Å². The molecule has 1 aliphatic rings. The van der Waals surface area contributed by atoms with Gasteiger partial charge in [-0.15, -0.1) is 11.8 Å². The highest BCUT2D eigenvalue weighted by Gasteiger charge is 2.28. The number of hydrogen-bond donors (Lipinski definition) is 0. The molecule has 0 spiro atoms. The van der Waals surface area contributed by atoms with Gasteiger partial charge in [-0.1, -0.05) is 0 Å². The van der Waals surface area contributed by atoms with Crippen molar-refractivity contribution in [2.75, 3.05) is 17.3 Å². The summed E-state index contributed by atoms with van der Waals surface area (Å²) in [6, 6.07) is 6.34. The second kappa shape index (κ2) is 6.62. The topological polar surface area (TPSA) is 77.5 Å². The van der Waals surface area contributed by atoms with Crippen LogP contribution in [0.1, 0.15) is 23.7 Å². The predicted octanol–water partition coefficient (Wildman–Crippen LogP) is 1.71. The molecule has 21 heavy (non-hydrogen) atoms. The van der Waals surface area contributed by atoms with Gasteiger partial charge in [-0.05, 0) is 37.6 Å². The summed E-state index contributed by atoms with van der Waals surface area (Å²) in [6.45, 7) is 1.47. The maximum absolute atomic E-state index is 11.7. The number of carbonyl (C=O) groups is 2. The molecule has 0 saturated carbocycles. The maximum Gasteiger partial charge on any atom is 0.321 e. The molecular weight excluding hydrogens is 312 g/mol. The molecule has 0 radical (unpaired) electrons. The highest BCUT2D eigenvalue weighted by atomic mass is 32.2. The van der Waals surface area contributed by atoms with Gasteiger partial charge in [0.15, 0.2) is 15.6 Å². The fourth-order valence-electron chi connectivity index (χ4n) is 2.00. The van der Waals surface area contributed by atoms with E-state index in [1.165, 1.54) is 18.7 Å². The van der Waals surface area contributed by atoms with Gasteiger partial charge in [-0.3, -0.25) is 9.59 Å². The fraction of sp³-hybridized carbons (Fsp3) is 0.429. The first-order valence-corrected chi connectivity index (χ1v) is 9.36. The lowest BCUT2D eigenvalue weighted by Crippen LogP contribution is -2.15. The first-order chi connectivity index (χ1) is 9.85. The first-order valence-electron chi connectivity index (χ1n) is 6.49. The maximum atomic E-state index is 11.7. The number of thioether (sulfide) groups is 1. The molecule has 114 valence electrons. The SMILES string of the molecule is CC(=O)c1ccc(OC(=O)CS[C@H]2CCS(=O)(=O)C2)cc1. The lowest BCUT2D eigenvalue weighted by Gasteiger charge is -2.07. The van der Waals surface area contributed by atoms with Crippen LogP contribution in [0, 0.1) is 0 Å². The van der Waals surface area contributed by atoms with Crippen LogP contribution in [0.3, 0.4) is 0 Å². The van der Waals surface area contributed by atoms with Crippen molar-refractivity contribution in [2.24, 2.45) is 0 Å². The Morgan fingerprint density at radius 3 is 2.48 bits per heavy atom. The number of ketones is 1. The van der Waals surface area contributed by atoms with E-state index in [9.17, 15) is 18.0 Å². The number of Topliss-reactive ketones (excluding diaryl/α,β-unsaturated/α-hetero) is 1. The molecule has 5 nitrogen and oxygen atoms in total. The van der Waals surface area contributed by atoms with Crippen molar-refractivity contribution < 1.29 is 22.7 Å². The molecule has 1 heterocycles. The predicted molar refractivity (Wildman–Crippen MR) is 81.6 cm³/mol. The van der Waals surface area contributed by atoms with Gasteiger partial charge in [-0.25, -0.2) is 8.42 Å². The highest BCUT2D eigenvalue weighted by molar-refractivity contribution is 8.02. The quantitative estimate of drug-likeness (QED) is 0.465. The Hall–Kier alpha value is -1.34. The van der Waals surface area contributed by atoms with Gasteiger partial charge in [0.25, 0.3) is 0 Å². The van der Waals surface area contributed by atoms with Crippen molar-refractivity contribution in [1.82, 2.24) is 0 Å². The van der Waals surface area contributed by atoms with Crippen molar-refractivity contribution in [3.05, 3.63) is 29.8 Å². The minimum Gasteiger partial charge on any atom is -0.426 e. The van der Waals surface area contributed by atoms with Crippen LogP contribution in [0.5, 0.6) is 5.75 Å². The zero-order chi connectivity index (χ0) is 15.5. The normalized spacial score (nSPS) is 20.1. The molecule has 0 aromatic heterocycles. The molecule has 1 fully saturated rings. The standard InChI is InChI=1S/C14H16O5S2/c1-10(15)11-2-4-12(5-3-11)19-14(16)8-20-13-6-7-21(17,18)9-13/h2-5,13H,6-9H2,1H3/t13-/m0/s1. The monoisotopic (exact) mass is 328 g/mol. The van der Waals surface area contributed by atoms with Gasteiger partial charge in [0, 0.05) is 10.8 Å². The van der Waals surface area contributed by atoms with Gasteiger partial charge >= 0.3 is 5.97 Å². The number of benzene rings is 1. The van der Waals surface area contributed by atoms with Gasteiger partial charge in [-0.2, -0.15) is 0 Å². The van der Waals surface area contributed by atoms with Gasteiger partial charge in [0.2, 0.25) is 0 Å². The molecule has 0 bridgehead atoms. The first kappa shape index (κ1) is 16.0. The van der Waals surface area contributed by atoms with E-state index >= 15 is 0 Å². The fourth-order valence-corrected chi connectivity index (χ4v) is 5.41. The van der Waals surface area contributed by atoms with Crippen molar-refractivity contribution in [1.29, 1.82) is 0 Å². The van der Waals surface area contributed by atoms with Crippen molar-refractivity contribution in [3.8, 4) is 5.75 Å². The molecule has 0 N–H and O–H groups in total. The van der Waals surface area contributed by atoms with E-state index in [0.717, 1.165) is 0 Å². The van der Waals surface area contributed by atoms with Gasteiger partial charge in [0.1, 0.15) is 5.75 Å². The summed E-state index contributed by atoms with van der Waals surface area (Å²) in [7, 11) is -2.92. The third-order valence-corrected chi connectivity index (χ3v) is 6.38. The number of esters is 1. The van der Waals surface area contributed by atoms with Crippen LogP contribution in [0.15, 0.2) is 24.3 Å². The molecule has 1 aliphatic heterocycles. The third-order valence-electron chi connectivity index (χ3n) is 3.12. The van der Waals surface area contributed by atoms with Crippen LogP contribution < -0.4 is 4.74 Å². The van der Waals surface area contributed by atoms with Crippen LogP contribution in [-0.2, 0) is 14.6 Å². The minimum atomic E-state index is -2.92. The van der Waals surface area contributed by atoms with Gasteiger partial charge in [0.05, 0.1) is 17.3 Å². The smallest absolute Gasteiger partial charge is 0.321 e. The molecular formula is C14H16O5S2. The van der Waals surface area contributed by atoms with Crippen LogP contribution in [0.4, 0.5) is 0 Å². The summed E-state index contributed by atoms with van der Waals surface area (Å²) in [4.78, 5) is 22.8. The summed E-state index contributed by atoms with van der Waals surface area (Å²) in [5.41, 5.74) is 0.556. The molecule has 2 rings (SSSR count). The molecule has 0 aliphatic carbocycles.